The van der Waals surface area contributed by atoms with Gasteiger partial charge < -0.3 is 4.90 Å². The number of amides is 1. The van der Waals surface area contributed by atoms with E-state index in [2.05, 4.69) is 18.2 Å². The van der Waals surface area contributed by atoms with E-state index in [1.165, 1.54) is 5.56 Å². The maximum absolute atomic E-state index is 12.6. The summed E-state index contributed by atoms with van der Waals surface area (Å²) in [4.78, 5) is 14.6. The number of carbonyl (C=O) groups is 1. The highest BCUT2D eigenvalue weighted by molar-refractivity contribution is 6.30. The number of nitrogens with zero attached hydrogens (tertiary/aromatic N) is 1. The van der Waals surface area contributed by atoms with Gasteiger partial charge in [0.05, 0.1) is 6.04 Å². The molecule has 3 heteroatoms. The first-order chi connectivity index (χ1) is 11.2. The maximum atomic E-state index is 12.6. The van der Waals surface area contributed by atoms with E-state index < -0.39 is 0 Å². The largest absolute Gasteiger partial charge is 0.336 e. The Balaban J connectivity index is 1.58. The molecular formula is C20H22ClNO. The highest BCUT2D eigenvalue weighted by atomic mass is 35.5. The molecule has 0 radical (unpaired) electrons. The summed E-state index contributed by atoms with van der Waals surface area (Å²) < 4.78 is 0. The third-order valence-electron chi connectivity index (χ3n) is 4.51. The van der Waals surface area contributed by atoms with E-state index in [0.29, 0.717) is 6.42 Å². The SMILES string of the molecule is O=C(CCCc1ccccc1)N1CCCC1c1cccc(Cl)c1. The van der Waals surface area contributed by atoms with E-state index in [4.69, 9.17) is 11.6 Å². The van der Waals surface area contributed by atoms with E-state index in [9.17, 15) is 4.79 Å². The summed E-state index contributed by atoms with van der Waals surface area (Å²) in [5.41, 5.74) is 2.46. The van der Waals surface area contributed by atoms with Crippen molar-refractivity contribution >= 4 is 17.5 Å². The van der Waals surface area contributed by atoms with Gasteiger partial charge in [0.2, 0.25) is 5.91 Å². The molecule has 2 aromatic carbocycles. The van der Waals surface area contributed by atoms with Crippen LogP contribution in [0.3, 0.4) is 0 Å². The molecule has 2 nitrogen and oxygen atoms in total. The Morgan fingerprint density at radius 3 is 2.74 bits per heavy atom. The second-order valence-electron chi connectivity index (χ2n) is 6.14. The second kappa shape index (κ2) is 7.65. The maximum Gasteiger partial charge on any atom is 0.223 e. The lowest BCUT2D eigenvalue weighted by Crippen LogP contribution is -2.30. The van der Waals surface area contributed by atoms with Gasteiger partial charge in [0.25, 0.3) is 0 Å². The second-order valence-corrected chi connectivity index (χ2v) is 6.58. The van der Waals surface area contributed by atoms with Crippen molar-refractivity contribution < 1.29 is 4.79 Å². The zero-order valence-corrected chi connectivity index (χ0v) is 14.0. The molecule has 0 bridgehead atoms. The molecule has 0 saturated carbocycles. The fraction of sp³-hybridized carbons (Fsp3) is 0.350. The smallest absolute Gasteiger partial charge is 0.223 e. The van der Waals surface area contributed by atoms with Crippen LogP contribution in [0.1, 0.15) is 42.9 Å². The first-order valence-corrected chi connectivity index (χ1v) is 8.71. The average molecular weight is 328 g/mol. The summed E-state index contributed by atoms with van der Waals surface area (Å²) >= 11 is 6.10. The Hall–Kier alpha value is -1.80. The van der Waals surface area contributed by atoms with Gasteiger partial charge in [-0.3, -0.25) is 4.79 Å². The van der Waals surface area contributed by atoms with Gasteiger partial charge in [0, 0.05) is 18.0 Å². The van der Waals surface area contributed by atoms with Crippen LogP contribution in [0, 0.1) is 0 Å². The van der Waals surface area contributed by atoms with Crippen molar-refractivity contribution in [3.63, 3.8) is 0 Å². The lowest BCUT2D eigenvalue weighted by Gasteiger charge is -2.25. The molecule has 1 unspecified atom stereocenters. The van der Waals surface area contributed by atoms with Crippen LogP contribution in [0.25, 0.3) is 0 Å². The van der Waals surface area contributed by atoms with Gasteiger partial charge in [0.15, 0.2) is 0 Å². The number of rotatable bonds is 5. The van der Waals surface area contributed by atoms with Crippen molar-refractivity contribution in [2.75, 3.05) is 6.54 Å². The quantitative estimate of drug-likeness (QED) is 0.754. The standard InChI is InChI=1S/C20H22ClNO/c21-18-11-5-10-17(15-18)19-12-6-14-22(19)20(23)13-4-9-16-7-2-1-3-8-16/h1-3,5,7-8,10-11,15,19H,4,6,9,12-14H2. The predicted molar refractivity (Wildman–Crippen MR) is 94.5 cm³/mol. The first-order valence-electron chi connectivity index (χ1n) is 8.33. The van der Waals surface area contributed by atoms with E-state index in [-0.39, 0.29) is 11.9 Å². The molecular weight excluding hydrogens is 306 g/mol. The monoisotopic (exact) mass is 327 g/mol. The van der Waals surface area contributed by atoms with Crippen molar-refractivity contribution in [2.45, 2.75) is 38.1 Å². The van der Waals surface area contributed by atoms with Crippen molar-refractivity contribution in [1.29, 1.82) is 0 Å². The van der Waals surface area contributed by atoms with Crippen LogP contribution in [0.2, 0.25) is 5.02 Å². The molecule has 1 atom stereocenters. The molecule has 0 N–H and O–H groups in total. The third-order valence-corrected chi connectivity index (χ3v) is 4.74. The molecule has 0 aromatic heterocycles. The molecule has 120 valence electrons. The van der Waals surface area contributed by atoms with Crippen LogP contribution < -0.4 is 0 Å². The van der Waals surface area contributed by atoms with Gasteiger partial charge in [-0.25, -0.2) is 0 Å². The highest BCUT2D eigenvalue weighted by Crippen LogP contribution is 2.33. The van der Waals surface area contributed by atoms with E-state index in [1.807, 2.05) is 41.3 Å². The Labute approximate surface area is 143 Å². The van der Waals surface area contributed by atoms with E-state index in [1.54, 1.807) is 0 Å². The number of carbonyl (C=O) groups excluding carboxylic acids is 1. The summed E-state index contributed by atoms with van der Waals surface area (Å²) in [5.74, 6) is 0.267. The molecule has 23 heavy (non-hydrogen) atoms. The minimum Gasteiger partial charge on any atom is -0.336 e. The number of halogens is 1. The van der Waals surface area contributed by atoms with Crippen molar-refractivity contribution in [2.24, 2.45) is 0 Å². The van der Waals surface area contributed by atoms with Gasteiger partial charge in [-0.2, -0.15) is 0 Å². The molecule has 1 aliphatic heterocycles. The molecule has 1 amide bonds. The fourth-order valence-electron chi connectivity index (χ4n) is 3.36. The third kappa shape index (κ3) is 4.14. The van der Waals surface area contributed by atoms with Gasteiger partial charge in [-0.1, -0.05) is 54.1 Å². The highest BCUT2D eigenvalue weighted by Gasteiger charge is 2.29. The van der Waals surface area contributed by atoms with Crippen molar-refractivity contribution in [3.05, 3.63) is 70.7 Å². The Morgan fingerprint density at radius 2 is 1.96 bits per heavy atom. The fourth-order valence-corrected chi connectivity index (χ4v) is 3.56. The van der Waals surface area contributed by atoms with Gasteiger partial charge in [-0.15, -0.1) is 0 Å². The van der Waals surface area contributed by atoms with Crippen LogP contribution in [-0.2, 0) is 11.2 Å². The van der Waals surface area contributed by atoms with Gasteiger partial charge in [0.1, 0.15) is 0 Å². The minimum atomic E-state index is 0.193. The van der Waals surface area contributed by atoms with Crippen LogP contribution in [0.5, 0.6) is 0 Å². The lowest BCUT2D eigenvalue weighted by molar-refractivity contribution is -0.132. The summed E-state index contributed by atoms with van der Waals surface area (Å²) in [6, 6.07) is 18.5. The molecule has 2 aromatic rings. The molecule has 1 heterocycles. The molecule has 1 aliphatic rings. The van der Waals surface area contributed by atoms with Crippen molar-refractivity contribution in [1.82, 2.24) is 4.90 Å². The summed E-state index contributed by atoms with van der Waals surface area (Å²) in [6.07, 6.45) is 4.59. The molecule has 0 aliphatic carbocycles. The average Bonchev–Trinajstić information content (AvgIpc) is 3.05. The zero-order valence-electron chi connectivity index (χ0n) is 13.2. The summed E-state index contributed by atoms with van der Waals surface area (Å²) in [5, 5.41) is 0.742. The summed E-state index contributed by atoms with van der Waals surface area (Å²) in [7, 11) is 0. The number of hydrogen-bond acceptors (Lipinski definition) is 1. The Kier molecular flexibility index (Phi) is 5.35. The Morgan fingerprint density at radius 1 is 1.13 bits per heavy atom. The van der Waals surface area contributed by atoms with Gasteiger partial charge >= 0.3 is 0 Å². The zero-order chi connectivity index (χ0) is 16.1. The van der Waals surface area contributed by atoms with Crippen molar-refractivity contribution in [3.8, 4) is 0 Å². The molecule has 1 fully saturated rings. The molecule has 3 rings (SSSR count). The normalized spacial score (nSPS) is 17.4. The van der Waals surface area contributed by atoms with Crippen LogP contribution in [0.4, 0.5) is 0 Å². The van der Waals surface area contributed by atoms with E-state index >= 15 is 0 Å². The number of aryl methyl sites for hydroxylation is 1. The van der Waals surface area contributed by atoms with Crippen LogP contribution in [0.15, 0.2) is 54.6 Å². The van der Waals surface area contributed by atoms with Crippen LogP contribution in [-0.4, -0.2) is 17.4 Å². The topological polar surface area (TPSA) is 20.3 Å². The van der Waals surface area contributed by atoms with Gasteiger partial charge in [-0.05, 0) is 48.9 Å². The lowest BCUT2D eigenvalue weighted by atomic mass is 10.0. The Bertz CT molecular complexity index is 656. The van der Waals surface area contributed by atoms with Crippen LogP contribution >= 0.6 is 11.6 Å². The van der Waals surface area contributed by atoms with E-state index in [0.717, 1.165) is 42.8 Å². The predicted octanol–water partition coefficient (Wildman–Crippen LogP) is 5.03. The number of likely N-dealkylation sites (tertiary alicyclic amines) is 1. The molecule has 0 spiro atoms. The molecule has 1 saturated heterocycles. The minimum absolute atomic E-state index is 0.193. The number of benzene rings is 2. The number of hydrogen-bond donors (Lipinski definition) is 0. The first kappa shape index (κ1) is 16.1. The summed E-state index contributed by atoms with van der Waals surface area (Å²) in [6.45, 7) is 0.862.